The third-order valence-electron chi connectivity index (χ3n) is 2.80. The normalized spacial score (nSPS) is 12.1. The van der Waals surface area contributed by atoms with Crippen LogP contribution < -0.4 is 5.73 Å². The number of para-hydroxylation sites is 1. The summed E-state index contributed by atoms with van der Waals surface area (Å²) in [7, 11) is 0. The van der Waals surface area contributed by atoms with E-state index in [9.17, 15) is 13.2 Å². The summed E-state index contributed by atoms with van der Waals surface area (Å²) < 4.78 is 38.3. The third kappa shape index (κ3) is 1.98. The molecule has 0 radical (unpaired) electrons. The van der Waals surface area contributed by atoms with Crippen molar-refractivity contribution in [2.24, 2.45) is 5.73 Å². The molecule has 2 aromatic rings. The van der Waals surface area contributed by atoms with Crippen molar-refractivity contribution in [3.8, 4) is 0 Å². The predicted octanol–water partition coefficient (Wildman–Crippen LogP) is 3.02. The van der Waals surface area contributed by atoms with Crippen molar-refractivity contribution < 1.29 is 13.2 Å². The maximum atomic E-state index is 12.8. The van der Waals surface area contributed by atoms with Gasteiger partial charge in [0.1, 0.15) is 0 Å². The Morgan fingerprint density at radius 2 is 2.00 bits per heavy atom. The topological polar surface area (TPSA) is 38.9 Å². The Labute approximate surface area is 96.3 Å². The summed E-state index contributed by atoms with van der Waals surface area (Å²) in [6.07, 6.45) is -2.98. The highest BCUT2D eigenvalue weighted by Crippen LogP contribution is 2.34. The molecule has 1 aromatic heterocycles. The highest BCUT2D eigenvalue weighted by molar-refractivity contribution is 5.86. The Morgan fingerprint density at radius 3 is 2.59 bits per heavy atom. The lowest BCUT2D eigenvalue weighted by molar-refractivity contribution is -0.136. The Balaban J connectivity index is 2.80. The lowest BCUT2D eigenvalue weighted by Crippen LogP contribution is -2.08. The molecule has 2 nitrogen and oxygen atoms in total. The number of nitrogens with two attached hydrogens (primary N) is 1. The SMILES string of the molecule is Cc1c(CN)cnc2c(C(F)(F)F)cccc12. The molecular weight excluding hydrogens is 229 g/mol. The minimum Gasteiger partial charge on any atom is -0.326 e. The first-order chi connectivity index (χ1) is 7.95. The van der Waals surface area contributed by atoms with Crippen molar-refractivity contribution in [1.82, 2.24) is 4.98 Å². The van der Waals surface area contributed by atoms with E-state index >= 15 is 0 Å². The van der Waals surface area contributed by atoms with E-state index in [4.69, 9.17) is 5.73 Å². The number of pyridine rings is 1. The van der Waals surface area contributed by atoms with E-state index in [1.807, 2.05) is 0 Å². The lowest BCUT2D eigenvalue weighted by Gasteiger charge is -2.12. The second-order valence-corrected chi connectivity index (χ2v) is 3.81. The van der Waals surface area contributed by atoms with E-state index in [1.54, 1.807) is 13.0 Å². The van der Waals surface area contributed by atoms with Gasteiger partial charge in [0.05, 0.1) is 11.1 Å². The summed E-state index contributed by atoms with van der Waals surface area (Å²) in [5, 5.41) is 0.503. The number of aryl methyl sites for hydroxylation is 1. The largest absolute Gasteiger partial charge is 0.418 e. The average molecular weight is 240 g/mol. The second-order valence-electron chi connectivity index (χ2n) is 3.81. The standard InChI is InChI=1S/C12H11F3N2/c1-7-8(5-16)6-17-11-9(7)3-2-4-10(11)12(13,14)15/h2-4,6H,5,16H2,1H3. The molecule has 17 heavy (non-hydrogen) atoms. The Kier molecular flexibility index (Phi) is 2.79. The minimum atomic E-state index is -4.39. The lowest BCUT2D eigenvalue weighted by atomic mass is 10.0. The fourth-order valence-electron chi connectivity index (χ4n) is 1.83. The van der Waals surface area contributed by atoms with E-state index in [0.717, 1.165) is 17.2 Å². The zero-order valence-corrected chi connectivity index (χ0v) is 9.17. The summed E-state index contributed by atoms with van der Waals surface area (Å²) in [6.45, 7) is 2.03. The molecule has 0 bridgehead atoms. The van der Waals surface area contributed by atoms with Crippen LogP contribution in [0.3, 0.4) is 0 Å². The molecular formula is C12H11F3N2. The molecule has 0 saturated heterocycles. The van der Waals surface area contributed by atoms with Gasteiger partial charge in [-0.05, 0) is 24.1 Å². The van der Waals surface area contributed by atoms with Gasteiger partial charge in [-0.25, -0.2) is 0 Å². The van der Waals surface area contributed by atoms with Crippen LogP contribution in [0.4, 0.5) is 13.2 Å². The highest BCUT2D eigenvalue weighted by atomic mass is 19.4. The van der Waals surface area contributed by atoms with Crippen LogP contribution in [0.15, 0.2) is 24.4 Å². The highest BCUT2D eigenvalue weighted by Gasteiger charge is 2.33. The van der Waals surface area contributed by atoms with Gasteiger partial charge in [-0.15, -0.1) is 0 Å². The average Bonchev–Trinajstić information content (AvgIpc) is 2.28. The summed E-state index contributed by atoms with van der Waals surface area (Å²) in [5.74, 6) is 0. The quantitative estimate of drug-likeness (QED) is 0.832. The van der Waals surface area contributed by atoms with E-state index in [0.29, 0.717) is 5.39 Å². The molecule has 0 fully saturated rings. The van der Waals surface area contributed by atoms with Gasteiger partial charge in [0.25, 0.3) is 0 Å². The number of rotatable bonds is 1. The fourth-order valence-corrected chi connectivity index (χ4v) is 1.83. The van der Waals surface area contributed by atoms with Crippen LogP contribution in [0.2, 0.25) is 0 Å². The van der Waals surface area contributed by atoms with Crippen molar-refractivity contribution in [1.29, 1.82) is 0 Å². The van der Waals surface area contributed by atoms with Gasteiger partial charge in [-0.2, -0.15) is 13.2 Å². The molecule has 90 valence electrons. The number of hydrogen-bond acceptors (Lipinski definition) is 2. The number of halogens is 3. The van der Waals surface area contributed by atoms with Crippen molar-refractivity contribution in [2.75, 3.05) is 0 Å². The summed E-state index contributed by atoms with van der Waals surface area (Å²) in [6, 6.07) is 4.06. The molecule has 0 aliphatic heterocycles. The number of alkyl halides is 3. The summed E-state index contributed by atoms with van der Waals surface area (Å²) >= 11 is 0. The molecule has 0 spiro atoms. The van der Waals surface area contributed by atoms with Crippen LogP contribution in [0.1, 0.15) is 16.7 Å². The van der Waals surface area contributed by atoms with Crippen LogP contribution in [-0.4, -0.2) is 4.98 Å². The molecule has 0 unspecified atom stereocenters. The molecule has 0 aliphatic rings. The number of aromatic nitrogens is 1. The van der Waals surface area contributed by atoms with Crippen LogP contribution >= 0.6 is 0 Å². The van der Waals surface area contributed by atoms with Gasteiger partial charge < -0.3 is 5.73 Å². The Morgan fingerprint density at radius 1 is 1.29 bits per heavy atom. The predicted molar refractivity (Wildman–Crippen MR) is 59.4 cm³/mol. The molecule has 0 saturated carbocycles. The van der Waals surface area contributed by atoms with Gasteiger partial charge in [0.2, 0.25) is 0 Å². The summed E-state index contributed by atoms with van der Waals surface area (Å²) in [4.78, 5) is 3.88. The van der Waals surface area contributed by atoms with Crippen molar-refractivity contribution >= 4 is 10.9 Å². The van der Waals surface area contributed by atoms with Gasteiger partial charge in [0, 0.05) is 18.1 Å². The van der Waals surface area contributed by atoms with Gasteiger partial charge in [-0.3, -0.25) is 4.98 Å². The van der Waals surface area contributed by atoms with Crippen LogP contribution in [0.25, 0.3) is 10.9 Å². The van der Waals surface area contributed by atoms with Crippen LogP contribution in [0.5, 0.6) is 0 Å². The monoisotopic (exact) mass is 240 g/mol. The smallest absolute Gasteiger partial charge is 0.326 e. The van der Waals surface area contributed by atoms with Crippen LogP contribution in [-0.2, 0) is 12.7 Å². The fraction of sp³-hybridized carbons (Fsp3) is 0.250. The molecule has 5 heteroatoms. The minimum absolute atomic E-state index is 0.0188. The van der Waals surface area contributed by atoms with Crippen molar-refractivity contribution in [3.63, 3.8) is 0 Å². The first-order valence-electron chi connectivity index (χ1n) is 5.09. The number of hydrogen-bond donors (Lipinski definition) is 1. The first kappa shape index (κ1) is 11.9. The van der Waals surface area contributed by atoms with Gasteiger partial charge >= 0.3 is 6.18 Å². The maximum absolute atomic E-state index is 12.8. The maximum Gasteiger partial charge on any atom is 0.418 e. The van der Waals surface area contributed by atoms with Crippen molar-refractivity contribution in [2.45, 2.75) is 19.6 Å². The number of nitrogens with zero attached hydrogens (tertiary/aromatic N) is 1. The Bertz CT molecular complexity index is 561. The van der Waals surface area contributed by atoms with E-state index in [2.05, 4.69) is 4.98 Å². The van der Waals surface area contributed by atoms with E-state index in [1.165, 1.54) is 12.3 Å². The third-order valence-corrected chi connectivity index (χ3v) is 2.80. The van der Waals surface area contributed by atoms with Crippen molar-refractivity contribution in [3.05, 3.63) is 41.1 Å². The molecule has 2 N–H and O–H groups in total. The zero-order chi connectivity index (χ0) is 12.6. The van der Waals surface area contributed by atoms with E-state index in [-0.39, 0.29) is 12.1 Å². The first-order valence-corrected chi connectivity index (χ1v) is 5.09. The molecule has 0 amide bonds. The molecule has 1 aromatic carbocycles. The summed E-state index contributed by atoms with van der Waals surface area (Å²) in [5.41, 5.74) is 6.29. The zero-order valence-electron chi connectivity index (χ0n) is 9.17. The van der Waals surface area contributed by atoms with Crippen LogP contribution in [0, 0.1) is 6.92 Å². The molecule has 0 aliphatic carbocycles. The Hall–Kier alpha value is -1.62. The van der Waals surface area contributed by atoms with Gasteiger partial charge in [0.15, 0.2) is 0 Å². The van der Waals surface area contributed by atoms with Gasteiger partial charge in [-0.1, -0.05) is 12.1 Å². The number of fused-ring (bicyclic) bond motifs is 1. The number of benzene rings is 1. The van der Waals surface area contributed by atoms with E-state index < -0.39 is 11.7 Å². The molecule has 1 heterocycles. The molecule has 0 atom stereocenters. The molecule has 2 rings (SSSR count). The second kappa shape index (κ2) is 4.00.